The lowest BCUT2D eigenvalue weighted by atomic mass is 9.99. The fraction of sp³-hybridized carbons (Fsp3) is 0.562. The smallest absolute Gasteiger partial charge is 0.355 e. The summed E-state index contributed by atoms with van der Waals surface area (Å²) in [5.41, 5.74) is 0.167. The number of rotatable bonds is 6. The minimum Gasteiger partial charge on any atom is -0.476 e. The Labute approximate surface area is 139 Å². The van der Waals surface area contributed by atoms with Crippen molar-refractivity contribution in [3.63, 3.8) is 0 Å². The Morgan fingerprint density at radius 1 is 1.52 bits per heavy atom. The van der Waals surface area contributed by atoms with Gasteiger partial charge in [0.05, 0.1) is 11.6 Å². The third-order valence-corrected chi connectivity index (χ3v) is 5.23. The molecule has 1 atom stereocenters. The maximum atomic E-state index is 11.0. The molecule has 2 aromatic rings. The average Bonchev–Trinajstić information content (AvgIpc) is 3.18. The maximum Gasteiger partial charge on any atom is 0.355 e. The highest BCUT2D eigenvalue weighted by Gasteiger charge is 2.25. The zero-order valence-electron chi connectivity index (χ0n) is 13.3. The molecule has 0 radical (unpaired) electrons. The van der Waals surface area contributed by atoms with Crippen LogP contribution in [0.25, 0.3) is 0 Å². The Bertz CT molecular complexity index is 667. The second-order valence-electron chi connectivity index (χ2n) is 5.99. The van der Waals surface area contributed by atoms with Crippen molar-refractivity contribution in [2.75, 3.05) is 13.1 Å². The van der Waals surface area contributed by atoms with Crippen LogP contribution in [0.5, 0.6) is 0 Å². The van der Waals surface area contributed by atoms with Crippen LogP contribution in [0.2, 0.25) is 0 Å². The SMILES string of the molecule is CCCn1ccnc1CN1CCCC(c2nc(C(=O)O)cs2)C1. The zero-order chi connectivity index (χ0) is 16.2. The van der Waals surface area contributed by atoms with E-state index in [0.717, 1.165) is 56.3 Å². The van der Waals surface area contributed by atoms with Gasteiger partial charge in [0.25, 0.3) is 0 Å². The van der Waals surface area contributed by atoms with Crippen molar-refractivity contribution in [1.29, 1.82) is 0 Å². The molecule has 7 heteroatoms. The number of thiazole rings is 1. The fourth-order valence-corrected chi connectivity index (χ4v) is 4.03. The second kappa shape index (κ2) is 7.23. The average molecular weight is 334 g/mol. The van der Waals surface area contributed by atoms with Gasteiger partial charge in [-0.2, -0.15) is 0 Å². The molecule has 0 amide bonds. The Kier molecular flexibility index (Phi) is 5.07. The zero-order valence-corrected chi connectivity index (χ0v) is 14.1. The number of likely N-dealkylation sites (tertiary alicyclic amines) is 1. The van der Waals surface area contributed by atoms with E-state index in [1.807, 2.05) is 12.4 Å². The molecule has 3 heterocycles. The molecule has 1 fully saturated rings. The van der Waals surface area contributed by atoms with Gasteiger partial charge in [-0.05, 0) is 25.8 Å². The molecule has 0 saturated carbocycles. The summed E-state index contributed by atoms with van der Waals surface area (Å²) in [6.07, 6.45) is 7.20. The second-order valence-corrected chi connectivity index (χ2v) is 6.88. The highest BCUT2D eigenvalue weighted by atomic mass is 32.1. The lowest BCUT2D eigenvalue weighted by Gasteiger charge is -2.31. The number of carboxylic acid groups (broad SMARTS) is 1. The largest absolute Gasteiger partial charge is 0.476 e. The monoisotopic (exact) mass is 334 g/mol. The van der Waals surface area contributed by atoms with Crippen LogP contribution in [0.3, 0.4) is 0 Å². The van der Waals surface area contributed by atoms with Gasteiger partial charge in [-0.3, -0.25) is 4.90 Å². The third kappa shape index (κ3) is 3.79. The van der Waals surface area contributed by atoms with Gasteiger partial charge in [-0.1, -0.05) is 6.92 Å². The highest BCUT2D eigenvalue weighted by molar-refractivity contribution is 7.09. The van der Waals surface area contributed by atoms with Crippen LogP contribution >= 0.6 is 11.3 Å². The summed E-state index contributed by atoms with van der Waals surface area (Å²) in [5.74, 6) is 0.496. The van der Waals surface area contributed by atoms with Gasteiger partial charge in [0.2, 0.25) is 0 Å². The fourth-order valence-electron chi connectivity index (χ4n) is 3.11. The summed E-state index contributed by atoms with van der Waals surface area (Å²) in [6.45, 7) is 6.00. The quantitative estimate of drug-likeness (QED) is 0.879. The van der Waals surface area contributed by atoms with E-state index in [4.69, 9.17) is 5.11 Å². The highest BCUT2D eigenvalue weighted by Crippen LogP contribution is 2.29. The Morgan fingerprint density at radius 2 is 2.39 bits per heavy atom. The molecule has 2 aromatic heterocycles. The summed E-state index contributed by atoms with van der Waals surface area (Å²) >= 11 is 1.47. The molecular weight excluding hydrogens is 312 g/mol. The van der Waals surface area contributed by atoms with E-state index in [1.54, 1.807) is 5.38 Å². The molecule has 0 aromatic carbocycles. The number of hydrogen-bond donors (Lipinski definition) is 1. The first-order chi connectivity index (χ1) is 11.2. The number of piperidine rings is 1. The lowest BCUT2D eigenvalue weighted by Crippen LogP contribution is -2.34. The van der Waals surface area contributed by atoms with Crippen LogP contribution < -0.4 is 0 Å². The number of aryl methyl sites for hydroxylation is 1. The van der Waals surface area contributed by atoms with Gasteiger partial charge in [-0.15, -0.1) is 11.3 Å². The van der Waals surface area contributed by atoms with Gasteiger partial charge in [0, 0.05) is 36.8 Å². The summed E-state index contributed by atoms with van der Waals surface area (Å²) in [6, 6.07) is 0. The normalized spacial score (nSPS) is 19.1. The first kappa shape index (κ1) is 16.1. The van der Waals surface area contributed by atoms with Gasteiger partial charge in [-0.25, -0.2) is 14.8 Å². The van der Waals surface area contributed by atoms with E-state index >= 15 is 0 Å². The number of aromatic nitrogens is 3. The van der Waals surface area contributed by atoms with E-state index < -0.39 is 5.97 Å². The van der Waals surface area contributed by atoms with Gasteiger partial charge in [0.1, 0.15) is 5.82 Å². The number of carbonyl (C=O) groups is 1. The molecule has 1 unspecified atom stereocenters. The van der Waals surface area contributed by atoms with Crippen molar-refractivity contribution in [2.45, 2.75) is 45.2 Å². The number of carboxylic acids is 1. The molecule has 1 aliphatic rings. The molecule has 1 saturated heterocycles. The molecule has 1 N–H and O–H groups in total. The number of aromatic carboxylic acids is 1. The number of hydrogen-bond acceptors (Lipinski definition) is 5. The summed E-state index contributed by atoms with van der Waals surface area (Å²) in [5, 5.41) is 11.6. The molecule has 0 aliphatic carbocycles. The van der Waals surface area contributed by atoms with E-state index in [2.05, 4.69) is 26.4 Å². The minimum absolute atomic E-state index is 0.167. The standard InChI is InChI=1S/C16H22N4O2S/c1-2-6-20-8-5-17-14(20)10-19-7-3-4-12(9-19)15-18-13(11-23-15)16(21)22/h5,8,11-12H,2-4,6-7,9-10H2,1H3,(H,21,22). The summed E-state index contributed by atoms with van der Waals surface area (Å²) < 4.78 is 2.22. The molecule has 6 nitrogen and oxygen atoms in total. The Morgan fingerprint density at radius 3 is 3.13 bits per heavy atom. The van der Waals surface area contributed by atoms with Gasteiger partial charge < -0.3 is 9.67 Å². The van der Waals surface area contributed by atoms with Crippen molar-refractivity contribution in [1.82, 2.24) is 19.4 Å². The van der Waals surface area contributed by atoms with Crippen LogP contribution in [0, 0.1) is 0 Å². The first-order valence-electron chi connectivity index (χ1n) is 8.08. The van der Waals surface area contributed by atoms with Crippen LogP contribution in [-0.4, -0.2) is 43.6 Å². The molecule has 1 aliphatic heterocycles. The predicted molar refractivity (Wildman–Crippen MR) is 88.8 cm³/mol. The van der Waals surface area contributed by atoms with Gasteiger partial charge in [0.15, 0.2) is 5.69 Å². The Hall–Kier alpha value is -1.73. The molecule has 3 rings (SSSR count). The van der Waals surface area contributed by atoms with E-state index in [-0.39, 0.29) is 5.69 Å². The van der Waals surface area contributed by atoms with Crippen molar-refractivity contribution in [3.8, 4) is 0 Å². The molecule has 0 spiro atoms. The van der Waals surface area contributed by atoms with Crippen molar-refractivity contribution < 1.29 is 9.90 Å². The van der Waals surface area contributed by atoms with Gasteiger partial charge >= 0.3 is 5.97 Å². The van der Waals surface area contributed by atoms with Crippen LogP contribution in [-0.2, 0) is 13.1 Å². The predicted octanol–water partition coefficient (Wildman–Crippen LogP) is 2.83. The molecule has 23 heavy (non-hydrogen) atoms. The van der Waals surface area contributed by atoms with E-state index in [9.17, 15) is 4.79 Å². The summed E-state index contributed by atoms with van der Waals surface area (Å²) in [4.78, 5) is 22.2. The molecular formula is C16H22N4O2S. The third-order valence-electron chi connectivity index (χ3n) is 4.23. The first-order valence-corrected chi connectivity index (χ1v) is 8.96. The molecule has 0 bridgehead atoms. The van der Waals surface area contributed by atoms with E-state index in [1.165, 1.54) is 11.3 Å². The molecule has 124 valence electrons. The van der Waals surface area contributed by atoms with Crippen molar-refractivity contribution in [2.24, 2.45) is 0 Å². The van der Waals surface area contributed by atoms with Crippen molar-refractivity contribution >= 4 is 17.3 Å². The lowest BCUT2D eigenvalue weighted by molar-refractivity contribution is 0.0691. The van der Waals surface area contributed by atoms with E-state index in [0.29, 0.717) is 5.92 Å². The minimum atomic E-state index is -0.943. The van der Waals surface area contributed by atoms with Crippen LogP contribution in [0.1, 0.15) is 53.4 Å². The Balaban J connectivity index is 1.65. The topological polar surface area (TPSA) is 71.2 Å². The maximum absolute atomic E-state index is 11.0. The van der Waals surface area contributed by atoms with Crippen molar-refractivity contribution in [3.05, 3.63) is 34.3 Å². The number of nitrogens with zero attached hydrogens (tertiary/aromatic N) is 4. The van der Waals surface area contributed by atoms with Crippen LogP contribution in [0.4, 0.5) is 0 Å². The van der Waals surface area contributed by atoms with Crippen LogP contribution in [0.15, 0.2) is 17.8 Å². The summed E-state index contributed by atoms with van der Waals surface area (Å²) in [7, 11) is 0. The number of imidazole rings is 1.